The zero-order valence-electron chi connectivity index (χ0n) is 16.7. The first kappa shape index (κ1) is 22.0. The molecule has 0 amide bonds. The van der Waals surface area contributed by atoms with Crippen molar-refractivity contribution in [3.63, 3.8) is 0 Å². The van der Waals surface area contributed by atoms with Gasteiger partial charge in [0.15, 0.2) is 11.5 Å². The quantitative estimate of drug-likeness (QED) is 0.555. The van der Waals surface area contributed by atoms with E-state index >= 15 is 0 Å². The highest BCUT2D eigenvalue weighted by Crippen LogP contribution is 2.35. The lowest BCUT2D eigenvalue weighted by Crippen LogP contribution is -2.16. The van der Waals surface area contributed by atoms with Crippen molar-refractivity contribution >= 4 is 27.3 Å². The molecule has 0 aliphatic rings. The first-order valence-electron chi connectivity index (χ1n) is 9.04. The summed E-state index contributed by atoms with van der Waals surface area (Å²) in [5.41, 5.74) is 2.00. The largest absolute Gasteiger partial charge is 0.493 e. The lowest BCUT2D eigenvalue weighted by Gasteiger charge is -2.19. The van der Waals surface area contributed by atoms with E-state index in [1.807, 2.05) is 6.92 Å². The number of sulfonamides is 1. The SMILES string of the molecule is COc1ccc(S(=O)(=O)Nc2ccc(C)cc2C(O)c2ccccc2Cl)cc1OC. The normalized spacial score (nSPS) is 12.3. The second-order valence-electron chi connectivity index (χ2n) is 6.64. The van der Waals surface area contributed by atoms with Crippen LogP contribution in [0.25, 0.3) is 0 Å². The van der Waals surface area contributed by atoms with E-state index in [0.29, 0.717) is 27.6 Å². The second-order valence-corrected chi connectivity index (χ2v) is 8.73. The van der Waals surface area contributed by atoms with Crippen molar-refractivity contribution in [3.8, 4) is 11.5 Å². The summed E-state index contributed by atoms with van der Waals surface area (Å²) >= 11 is 6.23. The van der Waals surface area contributed by atoms with Crippen LogP contribution in [0.3, 0.4) is 0 Å². The molecule has 3 aromatic rings. The topological polar surface area (TPSA) is 84.9 Å². The maximum Gasteiger partial charge on any atom is 0.262 e. The van der Waals surface area contributed by atoms with Crippen LogP contribution in [0.4, 0.5) is 5.69 Å². The van der Waals surface area contributed by atoms with Crippen molar-refractivity contribution in [1.82, 2.24) is 0 Å². The summed E-state index contributed by atoms with van der Waals surface area (Å²) in [6.45, 7) is 1.86. The van der Waals surface area contributed by atoms with Crippen LogP contribution in [0.1, 0.15) is 22.8 Å². The monoisotopic (exact) mass is 447 g/mol. The molecule has 2 N–H and O–H groups in total. The molecule has 1 unspecified atom stereocenters. The lowest BCUT2D eigenvalue weighted by molar-refractivity contribution is 0.221. The summed E-state index contributed by atoms with van der Waals surface area (Å²) < 4.78 is 39.0. The molecule has 8 heteroatoms. The number of aryl methyl sites for hydroxylation is 1. The zero-order chi connectivity index (χ0) is 21.9. The lowest BCUT2D eigenvalue weighted by atomic mass is 9.98. The van der Waals surface area contributed by atoms with Gasteiger partial charge in [0.25, 0.3) is 10.0 Å². The van der Waals surface area contributed by atoms with Gasteiger partial charge >= 0.3 is 0 Å². The summed E-state index contributed by atoms with van der Waals surface area (Å²) in [6.07, 6.45) is -1.11. The summed E-state index contributed by atoms with van der Waals surface area (Å²) in [5, 5.41) is 11.3. The number of aliphatic hydroxyl groups is 1. The Hall–Kier alpha value is -2.74. The molecular weight excluding hydrogens is 426 g/mol. The summed E-state index contributed by atoms with van der Waals surface area (Å²) in [6, 6.07) is 16.3. The number of ether oxygens (including phenoxy) is 2. The Kier molecular flexibility index (Phi) is 6.55. The maximum absolute atomic E-state index is 13.0. The van der Waals surface area contributed by atoms with E-state index in [9.17, 15) is 13.5 Å². The molecule has 1 atom stereocenters. The molecule has 0 aliphatic heterocycles. The van der Waals surface area contributed by atoms with Crippen LogP contribution in [0, 0.1) is 6.92 Å². The van der Waals surface area contributed by atoms with Crippen molar-refractivity contribution in [1.29, 1.82) is 0 Å². The van der Waals surface area contributed by atoms with Gasteiger partial charge in [-0.3, -0.25) is 4.72 Å². The fourth-order valence-corrected chi connectivity index (χ4v) is 4.39. The Morgan fingerprint density at radius 3 is 2.30 bits per heavy atom. The first-order valence-corrected chi connectivity index (χ1v) is 10.9. The standard InChI is InChI=1S/C22H22ClNO5S/c1-14-8-10-19(17(12-14)22(25)16-6-4-5-7-18(16)23)24-30(26,27)15-9-11-20(28-2)21(13-15)29-3/h4-13,22,24-25H,1-3H3. The van der Waals surface area contributed by atoms with Gasteiger partial charge in [0.2, 0.25) is 0 Å². The van der Waals surface area contributed by atoms with Gasteiger partial charge in [0.05, 0.1) is 24.8 Å². The van der Waals surface area contributed by atoms with Gasteiger partial charge in [-0.2, -0.15) is 0 Å². The molecule has 0 radical (unpaired) electrons. The van der Waals surface area contributed by atoms with E-state index < -0.39 is 16.1 Å². The van der Waals surface area contributed by atoms with Crippen LogP contribution in [-0.2, 0) is 10.0 Å². The third-order valence-corrected chi connectivity index (χ3v) is 6.32. The van der Waals surface area contributed by atoms with Gasteiger partial charge in [-0.25, -0.2) is 8.42 Å². The highest BCUT2D eigenvalue weighted by atomic mass is 35.5. The zero-order valence-corrected chi connectivity index (χ0v) is 18.3. The molecule has 0 bridgehead atoms. The number of benzene rings is 3. The third-order valence-electron chi connectivity index (χ3n) is 4.61. The Morgan fingerprint density at radius 2 is 1.63 bits per heavy atom. The summed E-state index contributed by atoms with van der Waals surface area (Å²) in [5.74, 6) is 0.710. The summed E-state index contributed by atoms with van der Waals surface area (Å²) in [7, 11) is -1.06. The minimum atomic E-state index is -3.96. The van der Waals surface area contributed by atoms with E-state index in [2.05, 4.69) is 4.72 Å². The van der Waals surface area contributed by atoms with Crippen LogP contribution < -0.4 is 14.2 Å². The minimum Gasteiger partial charge on any atom is -0.493 e. The number of aliphatic hydroxyl groups excluding tert-OH is 1. The van der Waals surface area contributed by atoms with Gasteiger partial charge in [-0.15, -0.1) is 0 Å². The van der Waals surface area contributed by atoms with Gasteiger partial charge in [0.1, 0.15) is 6.10 Å². The van der Waals surface area contributed by atoms with Crippen LogP contribution in [0.15, 0.2) is 65.6 Å². The number of methoxy groups -OCH3 is 2. The maximum atomic E-state index is 13.0. The van der Waals surface area contributed by atoms with Crippen molar-refractivity contribution in [2.45, 2.75) is 17.9 Å². The molecule has 3 aromatic carbocycles. The average Bonchev–Trinajstić information content (AvgIpc) is 2.74. The molecule has 0 aromatic heterocycles. The Bertz CT molecular complexity index is 1160. The van der Waals surface area contributed by atoms with Crippen molar-refractivity contribution in [2.24, 2.45) is 0 Å². The van der Waals surface area contributed by atoms with Gasteiger partial charge < -0.3 is 14.6 Å². The molecule has 0 fully saturated rings. The van der Waals surface area contributed by atoms with Crippen LogP contribution >= 0.6 is 11.6 Å². The molecule has 3 rings (SSSR count). The van der Waals surface area contributed by atoms with Crippen molar-refractivity contribution in [2.75, 3.05) is 18.9 Å². The molecule has 0 aliphatic carbocycles. The number of rotatable bonds is 7. The van der Waals surface area contributed by atoms with Crippen molar-refractivity contribution < 1.29 is 23.0 Å². The molecule has 0 saturated heterocycles. The molecule has 6 nitrogen and oxygen atoms in total. The molecule has 158 valence electrons. The highest BCUT2D eigenvalue weighted by molar-refractivity contribution is 7.92. The third kappa shape index (κ3) is 4.53. The van der Waals surface area contributed by atoms with Crippen LogP contribution in [-0.4, -0.2) is 27.7 Å². The van der Waals surface area contributed by atoms with E-state index in [-0.39, 0.29) is 10.6 Å². The molecule has 0 spiro atoms. The predicted octanol–water partition coefficient (Wildman–Crippen LogP) is 4.55. The van der Waals surface area contributed by atoms with E-state index in [4.69, 9.17) is 21.1 Å². The Labute approximate surface area is 181 Å². The van der Waals surface area contributed by atoms with E-state index in [1.54, 1.807) is 42.5 Å². The second kappa shape index (κ2) is 8.95. The van der Waals surface area contributed by atoms with Crippen LogP contribution in [0.2, 0.25) is 5.02 Å². The number of hydrogen-bond donors (Lipinski definition) is 2. The molecule has 0 heterocycles. The fraction of sp³-hybridized carbons (Fsp3) is 0.182. The smallest absolute Gasteiger partial charge is 0.262 e. The predicted molar refractivity (Wildman–Crippen MR) is 117 cm³/mol. The minimum absolute atomic E-state index is 0.00101. The molecular formula is C22H22ClNO5S. The van der Waals surface area contributed by atoms with Gasteiger partial charge in [0, 0.05) is 22.2 Å². The fourth-order valence-electron chi connectivity index (χ4n) is 3.05. The van der Waals surface area contributed by atoms with Crippen molar-refractivity contribution in [3.05, 3.63) is 82.4 Å². The Morgan fingerprint density at radius 1 is 0.933 bits per heavy atom. The van der Waals surface area contributed by atoms with Crippen LogP contribution in [0.5, 0.6) is 11.5 Å². The van der Waals surface area contributed by atoms with Gasteiger partial charge in [-0.1, -0.05) is 47.5 Å². The number of anilines is 1. The molecule has 30 heavy (non-hydrogen) atoms. The molecule has 0 saturated carbocycles. The number of nitrogens with one attached hydrogen (secondary N) is 1. The number of halogens is 1. The van der Waals surface area contributed by atoms with Gasteiger partial charge in [-0.05, 0) is 31.2 Å². The highest BCUT2D eigenvalue weighted by Gasteiger charge is 2.22. The summed E-state index contributed by atoms with van der Waals surface area (Å²) in [4.78, 5) is -0.00101. The van der Waals surface area contributed by atoms with E-state index in [1.165, 1.54) is 32.4 Å². The Balaban J connectivity index is 2.02. The average molecular weight is 448 g/mol. The van der Waals surface area contributed by atoms with E-state index in [0.717, 1.165) is 5.56 Å². The number of hydrogen-bond acceptors (Lipinski definition) is 5. The first-order chi connectivity index (χ1) is 14.3.